The summed E-state index contributed by atoms with van der Waals surface area (Å²) in [6, 6.07) is 0. The van der Waals surface area contributed by atoms with E-state index in [1.54, 1.807) is 0 Å². The van der Waals surface area contributed by atoms with Crippen LogP contribution in [-0.4, -0.2) is 346 Å². The summed E-state index contributed by atoms with van der Waals surface area (Å²) >= 11 is 0. The monoisotopic (exact) mass is 1460 g/mol. The lowest BCUT2D eigenvalue weighted by Crippen LogP contribution is -2.70. The van der Waals surface area contributed by atoms with Crippen LogP contribution in [0.15, 0.2) is 11.6 Å². The van der Waals surface area contributed by atoms with Gasteiger partial charge in [0, 0.05) is 5.41 Å². The van der Waals surface area contributed by atoms with Gasteiger partial charge in [0.25, 0.3) is 0 Å². The molecule has 11 fully saturated rings. The molecule has 0 radical (unpaired) electrons. The van der Waals surface area contributed by atoms with Crippen LogP contribution in [0.1, 0.15) is 106 Å². The Labute approximate surface area is 583 Å². The van der Waals surface area contributed by atoms with E-state index in [0.29, 0.717) is 51.4 Å². The number of ether oxygens (including phenoxy) is 14. The maximum atomic E-state index is 15.7. The molecule has 34 nitrogen and oxygen atoms in total. The summed E-state index contributed by atoms with van der Waals surface area (Å²) in [5.41, 5.74) is -7.66. The number of aliphatic hydroxyl groups excluding tert-OH is 17. The van der Waals surface area contributed by atoms with E-state index in [1.807, 2.05) is 6.92 Å². The van der Waals surface area contributed by atoms with E-state index in [9.17, 15) is 97.0 Å². The average molecular weight is 1460 g/mol. The molecular formula is C67H108O34. The van der Waals surface area contributed by atoms with E-state index in [2.05, 4.69) is 40.7 Å². The van der Waals surface area contributed by atoms with E-state index in [1.165, 1.54) is 6.92 Å². The summed E-state index contributed by atoms with van der Waals surface area (Å²) in [7, 11) is 0. The van der Waals surface area contributed by atoms with Crippen molar-refractivity contribution >= 4 is 5.97 Å². The van der Waals surface area contributed by atoms with Crippen molar-refractivity contribution in [2.45, 2.75) is 290 Å². The zero-order valence-electron chi connectivity index (χ0n) is 57.8. The van der Waals surface area contributed by atoms with E-state index >= 15 is 4.79 Å². The summed E-state index contributed by atoms with van der Waals surface area (Å²) in [4.78, 5) is 15.7. The van der Waals surface area contributed by atoms with Crippen molar-refractivity contribution in [3.63, 3.8) is 0 Å². The SMILES string of the molecule is C[C@@H]1O[C@@H](O[C@H]2[C@H](OC(=O)[C@]34CCC(C)(C)C[C@H]3C3=CC[C@@H]5[C@@]6(C)C[C@H](O)[C@H](O[C@@H]7O[C@H](CO)[C@@H](O)[C@H](O[C@@H]8OC[C@@H](O)[C@H](O)[C@H]8O)[C@H]7O)[C@@](C)(CO)[C@H]6CC[C@@]5(C)[C@]3(C)CC4)OC[C@H](O)[C@H]2O)[C@H](O)[C@H](O[C@@H]2OC[C@](O)(CO)[C@H]2O)[C@H]1O[C@@H]1OC[C@@H](O)[C@H](O[C@@H]2OC[C@@](O)(CO)[C@H]2O)[C@H]1O. The van der Waals surface area contributed by atoms with Gasteiger partial charge in [-0.05, 0) is 104 Å². The Hall–Kier alpha value is -2.07. The minimum absolute atomic E-state index is 0.119. The van der Waals surface area contributed by atoms with E-state index < -0.39 is 282 Å². The highest BCUT2D eigenvalue weighted by atomic mass is 16.8. The number of fused-ring (bicyclic) bond motifs is 7. The van der Waals surface area contributed by atoms with Gasteiger partial charge in [-0.1, -0.05) is 53.2 Å². The van der Waals surface area contributed by atoms with Crippen LogP contribution < -0.4 is 0 Å². The molecule has 19 N–H and O–H groups in total. The second-order valence-corrected chi connectivity index (χ2v) is 32.7. The average Bonchev–Trinajstić information content (AvgIpc) is 0.962. The first-order valence-corrected chi connectivity index (χ1v) is 35.4. The van der Waals surface area contributed by atoms with Crippen LogP contribution >= 0.6 is 0 Å². The lowest BCUT2D eigenvalue weighted by molar-refractivity contribution is -0.383. The van der Waals surface area contributed by atoms with Gasteiger partial charge >= 0.3 is 5.97 Å². The highest BCUT2D eigenvalue weighted by molar-refractivity contribution is 5.79. The van der Waals surface area contributed by atoms with Crippen LogP contribution in [0.5, 0.6) is 0 Å². The summed E-state index contributed by atoms with van der Waals surface area (Å²) in [6.45, 7) is 8.31. The Morgan fingerprint density at radius 2 is 1.03 bits per heavy atom. The Bertz CT molecular complexity index is 2900. The maximum absolute atomic E-state index is 15.7. The Kier molecular flexibility index (Phi) is 22.6. The molecule has 0 unspecified atom stereocenters. The molecule has 12 rings (SSSR count). The van der Waals surface area contributed by atoms with Gasteiger partial charge in [-0.25, -0.2) is 0 Å². The van der Waals surface area contributed by atoms with Crippen molar-refractivity contribution in [3.8, 4) is 0 Å². The fraction of sp³-hybridized carbons (Fsp3) is 0.955. The number of carbonyl (C=O) groups is 1. The molecule has 0 spiro atoms. The second kappa shape index (κ2) is 29.1. The third-order valence-corrected chi connectivity index (χ3v) is 26.1. The number of allylic oxidation sites excluding steroid dienone is 2. The maximum Gasteiger partial charge on any atom is 0.315 e. The molecule has 0 aromatic heterocycles. The van der Waals surface area contributed by atoms with Gasteiger partial charge < -0.3 is 163 Å². The van der Waals surface area contributed by atoms with Crippen LogP contribution in [-0.2, 0) is 71.1 Å². The molecule has 5 aliphatic carbocycles. The summed E-state index contributed by atoms with van der Waals surface area (Å²) in [5.74, 6) is -1.50. The zero-order valence-corrected chi connectivity index (χ0v) is 57.8. The van der Waals surface area contributed by atoms with E-state index in [-0.39, 0.29) is 23.7 Å². The van der Waals surface area contributed by atoms with Crippen molar-refractivity contribution in [2.24, 2.45) is 50.2 Å². The summed E-state index contributed by atoms with van der Waals surface area (Å²) in [6.07, 6.45) is -40.6. The summed E-state index contributed by atoms with van der Waals surface area (Å²) in [5, 5.41) is 210. The summed E-state index contributed by atoms with van der Waals surface area (Å²) < 4.78 is 83.5. The number of hydrogen-bond acceptors (Lipinski definition) is 34. The smallest absolute Gasteiger partial charge is 0.315 e. The third-order valence-electron chi connectivity index (χ3n) is 26.1. The lowest BCUT2D eigenvalue weighted by atomic mass is 9.33. The van der Waals surface area contributed by atoms with Gasteiger partial charge in [-0.2, -0.15) is 0 Å². The van der Waals surface area contributed by atoms with Crippen molar-refractivity contribution in [3.05, 3.63) is 11.6 Å². The Morgan fingerprint density at radius 3 is 1.64 bits per heavy atom. The highest BCUT2D eigenvalue weighted by Crippen LogP contribution is 2.76. The predicted molar refractivity (Wildman–Crippen MR) is 332 cm³/mol. The molecule has 0 amide bonds. The molecule has 0 aromatic rings. The number of esters is 1. The normalized spacial score (nSPS) is 55.1. The second-order valence-electron chi connectivity index (χ2n) is 32.7. The molecule has 0 aromatic carbocycles. The first kappa shape index (κ1) is 78.5. The molecule has 0 bridgehead atoms. The topological polar surface area (TPSA) is 531 Å². The standard InChI is InChI=1S/C67H108O34/c1-27-44(95-53-41(80)45(33(75)21-89-53)96-57-49(83)66(86,23-70)25-91-57)47(98-58-50(84)67(87,24-71)26-92-58)43(82)54(93-27)99-48-38(77)32(74)20-90-56(48)101-59(85)65-14-12-60(2,3)16-29(65)28-8-9-36-61(4)17-30(72)51(62(5,22-69)35(61)10-11-64(36,7)63(28,6)13-15-65)100-55-42(81)46(39(78)34(18-68)94-55)97-52-40(79)37(76)31(73)19-88-52/h8,27,29-58,68-84,86-87H,9-26H2,1-7H3/t27-,29-,30-,31+,32-,33+,34+,35-,36+,37-,38+,39+,40+,41+,42+,43+,44-,45-,46-,47-,48+,49-,50-,51-,52-,53-,54-,55-,56-,57-,58-,61-,62-,63+,64+,65-,66-,67+/m0/s1. The minimum Gasteiger partial charge on any atom is -0.432 e. The first-order chi connectivity index (χ1) is 47.4. The fourth-order valence-corrected chi connectivity index (χ4v) is 19.7. The number of hydrogen-bond donors (Lipinski definition) is 19. The van der Waals surface area contributed by atoms with Crippen LogP contribution in [0.4, 0.5) is 0 Å². The van der Waals surface area contributed by atoms with Crippen LogP contribution in [0.2, 0.25) is 0 Å². The van der Waals surface area contributed by atoms with Gasteiger partial charge in [0.2, 0.25) is 6.29 Å². The molecule has 4 saturated carbocycles. The van der Waals surface area contributed by atoms with Crippen LogP contribution in [0.3, 0.4) is 0 Å². The molecule has 7 heterocycles. The lowest BCUT2D eigenvalue weighted by Gasteiger charge is -2.72. The molecular weight excluding hydrogens is 1350 g/mol. The first-order valence-electron chi connectivity index (χ1n) is 35.4. The molecule has 580 valence electrons. The van der Waals surface area contributed by atoms with Crippen LogP contribution in [0.25, 0.3) is 0 Å². The van der Waals surface area contributed by atoms with Crippen molar-refractivity contribution in [1.29, 1.82) is 0 Å². The van der Waals surface area contributed by atoms with Crippen molar-refractivity contribution < 1.29 is 168 Å². The van der Waals surface area contributed by atoms with Gasteiger partial charge in [-0.15, -0.1) is 0 Å². The number of carbonyl (C=O) groups excluding carboxylic acids is 1. The minimum atomic E-state index is -2.24. The van der Waals surface area contributed by atoms with Crippen LogP contribution in [0, 0.1) is 50.2 Å². The molecule has 7 saturated heterocycles. The fourth-order valence-electron chi connectivity index (χ4n) is 19.7. The van der Waals surface area contributed by atoms with Gasteiger partial charge in [-0.3, -0.25) is 4.79 Å². The largest absolute Gasteiger partial charge is 0.432 e. The van der Waals surface area contributed by atoms with E-state index in [4.69, 9.17) is 66.3 Å². The quantitative estimate of drug-likeness (QED) is 0.0345. The highest BCUT2D eigenvalue weighted by Gasteiger charge is 2.72. The molecule has 101 heavy (non-hydrogen) atoms. The molecule has 12 aliphatic rings. The number of rotatable bonds is 18. The van der Waals surface area contributed by atoms with Crippen molar-refractivity contribution in [1.82, 2.24) is 0 Å². The Balaban J connectivity index is 0.771. The molecule has 34 heteroatoms. The van der Waals surface area contributed by atoms with Gasteiger partial charge in [0.1, 0.15) is 115 Å². The zero-order chi connectivity index (χ0) is 73.4. The Morgan fingerprint density at radius 1 is 0.495 bits per heavy atom. The molecule has 38 atom stereocenters. The van der Waals surface area contributed by atoms with Crippen molar-refractivity contribution in [2.75, 3.05) is 59.5 Å². The van der Waals surface area contributed by atoms with Gasteiger partial charge in [0.05, 0.1) is 83.2 Å². The predicted octanol–water partition coefficient (Wildman–Crippen LogP) is -6.39. The third kappa shape index (κ3) is 13.3. The van der Waals surface area contributed by atoms with E-state index in [0.717, 1.165) is 5.57 Å². The number of aliphatic hydroxyl groups is 19. The van der Waals surface area contributed by atoms with Gasteiger partial charge in [0.15, 0.2) is 43.8 Å². The molecule has 7 aliphatic heterocycles.